The SMILES string of the molecule is COc1ccc(NC(N)=NCC(OC)c2cccc(Cl)c2)cc1Cl.I. The molecule has 0 fully saturated rings. The highest BCUT2D eigenvalue weighted by Crippen LogP contribution is 2.27. The van der Waals surface area contributed by atoms with E-state index in [0.717, 1.165) is 11.3 Å². The average molecular weight is 496 g/mol. The highest BCUT2D eigenvalue weighted by molar-refractivity contribution is 14.0. The Bertz CT molecular complexity index is 729. The van der Waals surface area contributed by atoms with Crippen LogP contribution in [0.3, 0.4) is 0 Å². The van der Waals surface area contributed by atoms with Crippen LogP contribution in [0.15, 0.2) is 47.5 Å². The molecule has 0 amide bonds. The predicted octanol–water partition coefficient (Wildman–Crippen LogP) is 4.73. The second-order valence-corrected chi connectivity index (χ2v) is 5.82. The van der Waals surface area contributed by atoms with Crippen LogP contribution in [0.2, 0.25) is 10.0 Å². The topological polar surface area (TPSA) is 68.9 Å². The molecule has 0 saturated carbocycles. The number of nitrogens with one attached hydrogen (secondary N) is 1. The highest BCUT2D eigenvalue weighted by Gasteiger charge is 2.10. The number of anilines is 1. The van der Waals surface area contributed by atoms with Gasteiger partial charge in [0, 0.05) is 17.8 Å². The van der Waals surface area contributed by atoms with Crippen LogP contribution < -0.4 is 15.8 Å². The van der Waals surface area contributed by atoms with Gasteiger partial charge in [-0.05, 0) is 35.9 Å². The number of halogens is 3. The predicted molar refractivity (Wildman–Crippen MR) is 115 cm³/mol. The first kappa shape index (κ1) is 21.8. The molecule has 2 aromatic carbocycles. The second kappa shape index (κ2) is 10.7. The fourth-order valence-electron chi connectivity index (χ4n) is 2.14. The molecule has 0 heterocycles. The summed E-state index contributed by atoms with van der Waals surface area (Å²) in [6, 6.07) is 12.7. The molecule has 0 bridgehead atoms. The Hall–Kier alpha value is -1.22. The molecular weight excluding hydrogens is 476 g/mol. The number of rotatable bonds is 6. The quantitative estimate of drug-likeness (QED) is 0.345. The molecule has 8 heteroatoms. The molecule has 2 aromatic rings. The Morgan fingerprint density at radius 3 is 2.56 bits per heavy atom. The first-order chi connectivity index (χ1) is 11.5. The van der Waals surface area contributed by atoms with Crippen molar-refractivity contribution < 1.29 is 9.47 Å². The molecular formula is C17H20Cl2IN3O2. The van der Waals surface area contributed by atoms with Crippen molar-refractivity contribution in [2.24, 2.45) is 10.7 Å². The summed E-state index contributed by atoms with van der Waals surface area (Å²) in [7, 11) is 3.18. The molecule has 0 spiro atoms. The largest absolute Gasteiger partial charge is 0.495 e. The van der Waals surface area contributed by atoms with Crippen LogP contribution in [-0.2, 0) is 4.74 Å². The maximum atomic E-state index is 6.08. The molecule has 0 radical (unpaired) electrons. The van der Waals surface area contributed by atoms with Crippen molar-refractivity contribution in [3.63, 3.8) is 0 Å². The minimum atomic E-state index is -0.233. The third-order valence-electron chi connectivity index (χ3n) is 3.36. The van der Waals surface area contributed by atoms with Crippen molar-refractivity contribution in [1.82, 2.24) is 0 Å². The van der Waals surface area contributed by atoms with E-state index in [4.69, 9.17) is 38.4 Å². The summed E-state index contributed by atoms with van der Waals surface area (Å²) in [5, 5.41) is 4.12. The summed E-state index contributed by atoms with van der Waals surface area (Å²) in [5.41, 5.74) is 7.58. The Morgan fingerprint density at radius 1 is 1.20 bits per heavy atom. The number of aliphatic imine (C=N–C) groups is 1. The van der Waals surface area contributed by atoms with E-state index in [-0.39, 0.29) is 36.0 Å². The molecule has 0 aliphatic carbocycles. The van der Waals surface area contributed by atoms with E-state index in [1.54, 1.807) is 32.4 Å². The molecule has 5 nitrogen and oxygen atoms in total. The molecule has 3 N–H and O–H groups in total. The normalized spacial score (nSPS) is 12.2. The van der Waals surface area contributed by atoms with Gasteiger partial charge in [0.1, 0.15) is 11.9 Å². The minimum absolute atomic E-state index is 0. The van der Waals surface area contributed by atoms with Crippen molar-refractivity contribution in [2.45, 2.75) is 6.10 Å². The number of ether oxygens (including phenoxy) is 2. The standard InChI is InChI=1S/C17H19Cl2N3O2.HI/c1-23-15-7-6-13(9-14(15)19)22-17(20)21-10-16(24-2)11-4-3-5-12(18)8-11;/h3-9,16H,10H2,1-2H3,(H3,20,21,22);1H. The van der Waals surface area contributed by atoms with Gasteiger partial charge in [0.25, 0.3) is 0 Å². The summed E-state index contributed by atoms with van der Waals surface area (Å²) >= 11 is 12.1. The zero-order valence-electron chi connectivity index (χ0n) is 13.8. The summed E-state index contributed by atoms with van der Waals surface area (Å²) < 4.78 is 10.6. The maximum absolute atomic E-state index is 6.08. The van der Waals surface area contributed by atoms with Crippen LogP contribution in [0.4, 0.5) is 5.69 Å². The Morgan fingerprint density at radius 2 is 1.96 bits per heavy atom. The lowest BCUT2D eigenvalue weighted by Gasteiger charge is -2.14. The third-order valence-corrected chi connectivity index (χ3v) is 3.89. The van der Waals surface area contributed by atoms with E-state index >= 15 is 0 Å². The van der Waals surface area contributed by atoms with E-state index in [1.807, 2.05) is 24.3 Å². The second-order valence-electron chi connectivity index (χ2n) is 4.98. The lowest BCUT2D eigenvalue weighted by Crippen LogP contribution is -2.23. The van der Waals surface area contributed by atoms with E-state index in [0.29, 0.717) is 22.3 Å². The molecule has 1 atom stereocenters. The fraction of sp³-hybridized carbons (Fsp3) is 0.235. The Labute approximate surface area is 174 Å². The van der Waals surface area contributed by atoms with Gasteiger partial charge in [-0.3, -0.25) is 4.99 Å². The van der Waals surface area contributed by atoms with Gasteiger partial charge in [-0.25, -0.2) is 0 Å². The molecule has 136 valence electrons. The van der Waals surface area contributed by atoms with Crippen molar-refractivity contribution in [3.05, 3.63) is 58.1 Å². The van der Waals surface area contributed by atoms with Crippen molar-refractivity contribution in [2.75, 3.05) is 26.1 Å². The van der Waals surface area contributed by atoms with E-state index in [9.17, 15) is 0 Å². The van der Waals surface area contributed by atoms with Gasteiger partial charge in [-0.1, -0.05) is 35.3 Å². The lowest BCUT2D eigenvalue weighted by atomic mass is 10.1. The molecule has 0 aliphatic rings. The number of benzene rings is 2. The zero-order valence-corrected chi connectivity index (χ0v) is 17.7. The van der Waals surface area contributed by atoms with E-state index < -0.39 is 0 Å². The molecule has 25 heavy (non-hydrogen) atoms. The van der Waals surface area contributed by atoms with Gasteiger partial charge in [0.15, 0.2) is 5.96 Å². The van der Waals surface area contributed by atoms with Crippen molar-refractivity contribution >= 4 is 58.8 Å². The van der Waals surface area contributed by atoms with Gasteiger partial charge >= 0.3 is 0 Å². The lowest BCUT2D eigenvalue weighted by molar-refractivity contribution is 0.111. The average Bonchev–Trinajstić information content (AvgIpc) is 2.55. The van der Waals surface area contributed by atoms with Gasteiger partial charge in [-0.15, -0.1) is 24.0 Å². The van der Waals surface area contributed by atoms with Crippen LogP contribution in [0.5, 0.6) is 5.75 Å². The summed E-state index contributed by atoms with van der Waals surface area (Å²) in [5.74, 6) is 0.860. The Kier molecular flexibility index (Phi) is 9.34. The minimum Gasteiger partial charge on any atom is -0.495 e. The van der Waals surface area contributed by atoms with Crippen LogP contribution in [-0.4, -0.2) is 26.7 Å². The first-order valence-corrected chi connectivity index (χ1v) is 7.98. The third kappa shape index (κ3) is 6.54. The molecule has 1 unspecified atom stereocenters. The number of nitrogens with two attached hydrogens (primary N) is 1. The first-order valence-electron chi connectivity index (χ1n) is 7.22. The number of hydrogen-bond donors (Lipinski definition) is 2. The van der Waals surface area contributed by atoms with Gasteiger partial charge < -0.3 is 20.5 Å². The van der Waals surface area contributed by atoms with Crippen molar-refractivity contribution in [1.29, 1.82) is 0 Å². The summed E-state index contributed by atoms with van der Waals surface area (Å²) in [6.07, 6.45) is -0.233. The van der Waals surface area contributed by atoms with Crippen molar-refractivity contribution in [3.8, 4) is 5.75 Å². The zero-order chi connectivity index (χ0) is 17.5. The maximum Gasteiger partial charge on any atom is 0.193 e. The fourth-order valence-corrected chi connectivity index (χ4v) is 2.59. The van der Waals surface area contributed by atoms with Crippen LogP contribution >= 0.6 is 47.2 Å². The molecule has 0 aliphatic heterocycles. The van der Waals surface area contributed by atoms with Gasteiger partial charge in [0.2, 0.25) is 0 Å². The van der Waals surface area contributed by atoms with Gasteiger partial charge in [0.05, 0.1) is 18.7 Å². The summed E-state index contributed by atoms with van der Waals surface area (Å²) in [6.45, 7) is 0.361. The summed E-state index contributed by atoms with van der Waals surface area (Å²) in [4.78, 5) is 4.31. The highest BCUT2D eigenvalue weighted by atomic mass is 127. The van der Waals surface area contributed by atoms with Gasteiger partial charge in [-0.2, -0.15) is 0 Å². The van der Waals surface area contributed by atoms with E-state index in [1.165, 1.54) is 0 Å². The number of hydrogen-bond acceptors (Lipinski definition) is 3. The molecule has 2 rings (SSSR count). The van der Waals surface area contributed by atoms with Crippen LogP contribution in [0.25, 0.3) is 0 Å². The number of nitrogens with zero attached hydrogens (tertiary/aromatic N) is 1. The smallest absolute Gasteiger partial charge is 0.193 e. The number of methoxy groups -OCH3 is 2. The van der Waals surface area contributed by atoms with Crippen LogP contribution in [0, 0.1) is 0 Å². The number of guanidine groups is 1. The molecule has 0 aromatic heterocycles. The van der Waals surface area contributed by atoms with E-state index in [2.05, 4.69) is 10.3 Å². The monoisotopic (exact) mass is 495 g/mol. The Balaban J connectivity index is 0.00000312. The van der Waals surface area contributed by atoms with Crippen LogP contribution in [0.1, 0.15) is 11.7 Å². The molecule has 0 saturated heterocycles.